The fourth-order valence-electron chi connectivity index (χ4n) is 4.54. The molecule has 3 heterocycles. The summed E-state index contributed by atoms with van der Waals surface area (Å²) < 4.78 is 39.6. The molecular weight excluding hydrogens is 495 g/mol. The van der Waals surface area contributed by atoms with Crippen molar-refractivity contribution in [1.82, 2.24) is 20.2 Å². The lowest BCUT2D eigenvalue weighted by Gasteiger charge is -2.31. The molecule has 0 radical (unpaired) electrons. The summed E-state index contributed by atoms with van der Waals surface area (Å²) in [5.41, 5.74) is 1.28. The van der Waals surface area contributed by atoms with E-state index in [4.69, 9.17) is 0 Å². The number of aryl methyl sites for hydroxylation is 1. The Morgan fingerprint density at radius 1 is 1.33 bits per heavy atom. The molecule has 1 aliphatic heterocycles. The van der Waals surface area contributed by atoms with E-state index >= 15 is 0 Å². The molecule has 1 saturated heterocycles. The summed E-state index contributed by atoms with van der Waals surface area (Å²) in [5.74, 6) is -0.631. The van der Waals surface area contributed by atoms with E-state index in [-0.39, 0.29) is 40.9 Å². The number of carbonyl (C=O) groups excluding carboxylic acids is 2. The van der Waals surface area contributed by atoms with Gasteiger partial charge in [0.1, 0.15) is 17.6 Å². The van der Waals surface area contributed by atoms with Gasteiger partial charge < -0.3 is 20.6 Å². The number of nitrogens with zero attached hydrogens (tertiary/aromatic N) is 3. The summed E-state index contributed by atoms with van der Waals surface area (Å²) in [4.78, 5) is 37.1. The summed E-state index contributed by atoms with van der Waals surface area (Å²) in [6.45, 7) is 5.72. The van der Waals surface area contributed by atoms with Crippen LogP contribution in [0.1, 0.15) is 71.8 Å². The minimum atomic E-state index is -4.41. The lowest BCUT2D eigenvalue weighted by Crippen LogP contribution is -2.46. The van der Waals surface area contributed by atoms with Gasteiger partial charge in [-0.3, -0.25) is 9.59 Å². The van der Waals surface area contributed by atoms with Crippen LogP contribution in [0.4, 0.5) is 19.0 Å². The number of anilines is 1. The number of amides is 2. The first-order chi connectivity index (χ1) is 17.0. The largest absolute Gasteiger partial charge is 0.408 e. The van der Waals surface area contributed by atoms with Crippen molar-refractivity contribution in [2.75, 3.05) is 11.9 Å². The van der Waals surface area contributed by atoms with E-state index in [1.54, 1.807) is 11.8 Å². The topological polar surface area (TPSA) is 107 Å². The van der Waals surface area contributed by atoms with Crippen LogP contribution in [0.25, 0.3) is 10.4 Å². The highest BCUT2D eigenvalue weighted by Gasteiger charge is 2.38. The lowest BCUT2D eigenvalue weighted by molar-refractivity contribution is -0.142. The van der Waals surface area contributed by atoms with Crippen LogP contribution in [0, 0.1) is 6.92 Å². The van der Waals surface area contributed by atoms with E-state index < -0.39 is 24.2 Å². The maximum Gasteiger partial charge on any atom is 0.408 e. The molecule has 12 heteroatoms. The molecule has 2 aromatic heterocycles. The van der Waals surface area contributed by atoms with Crippen molar-refractivity contribution in [2.24, 2.45) is 0 Å². The van der Waals surface area contributed by atoms with Crippen molar-refractivity contribution in [1.29, 1.82) is 0 Å². The maximum absolute atomic E-state index is 13.4. The van der Waals surface area contributed by atoms with E-state index in [0.717, 1.165) is 24.2 Å². The smallest absolute Gasteiger partial charge is 0.393 e. The van der Waals surface area contributed by atoms with Gasteiger partial charge in [0, 0.05) is 30.4 Å². The van der Waals surface area contributed by atoms with Gasteiger partial charge in [0.2, 0.25) is 0 Å². The third-order valence-corrected chi connectivity index (χ3v) is 7.85. The summed E-state index contributed by atoms with van der Waals surface area (Å²) in [6, 6.07) is -0.328. The molecule has 1 aliphatic carbocycles. The molecule has 2 aromatic rings. The summed E-state index contributed by atoms with van der Waals surface area (Å²) in [7, 11) is 0. The minimum Gasteiger partial charge on any atom is -0.393 e. The molecule has 4 rings (SSSR count). The first kappa shape index (κ1) is 26.3. The third kappa shape index (κ3) is 5.49. The normalized spacial score (nSPS) is 22.8. The highest BCUT2D eigenvalue weighted by molar-refractivity contribution is 7.17. The molecule has 8 nitrogen and oxygen atoms in total. The molecule has 36 heavy (non-hydrogen) atoms. The van der Waals surface area contributed by atoms with Gasteiger partial charge in [-0.2, -0.15) is 13.2 Å². The van der Waals surface area contributed by atoms with Crippen LogP contribution in [-0.2, 0) is 0 Å². The zero-order valence-corrected chi connectivity index (χ0v) is 21.2. The SMILES string of the molecule is CC[C@@H](Nc1cc(C)c(-c2sc(C(=O)N[C@H]3C[C@H](O)C3)nc2C(=O)N2CCC[C@@H]2C)cn1)C(F)(F)F. The third-order valence-electron chi connectivity index (χ3n) is 6.77. The van der Waals surface area contributed by atoms with Crippen LogP contribution in [0.3, 0.4) is 0 Å². The van der Waals surface area contributed by atoms with Crippen LogP contribution < -0.4 is 10.6 Å². The van der Waals surface area contributed by atoms with Gasteiger partial charge in [-0.1, -0.05) is 6.92 Å². The first-order valence-electron chi connectivity index (χ1n) is 12.1. The number of thiazole rings is 1. The number of likely N-dealkylation sites (tertiary alicyclic amines) is 1. The molecule has 1 saturated carbocycles. The lowest BCUT2D eigenvalue weighted by atomic mass is 9.89. The number of nitrogens with one attached hydrogen (secondary N) is 2. The van der Waals surface area contributed by atoms with Gasteiger partial charge in [-0.05, 0) is 57.6 Å². The Morgan fingerprint density at radius 3 is 2.61 bits per heavy atom. The highest BCUT2D eigenvalue weighted by Crippen LogP contribution is 2.36. The Morgan fingerprint density at radius 2 is 2.06 bits per heavy atom. The molecule has 2 atom stereocenters. The summed E-state index contributed by atoms with van der Waals surface area (Å²) in [5, 5.41) is 14.9. The van der Waals surface area contributed by atoms with E-state index in [1.807, 2.05) is 6.92 Å². The van der Waals surface area contributed by atoms with Crippen molar-refractivity contribution in [2.45, 2.75) is 83.3 Å². The second-order valence-corrected chi connectivity index (χ2v) is 10.5. The van der Waals surface area contributed by atoms with Crippen LogP contribution in [0.5, 0.6) is 0 Å². The molecule has 2 fully saturated rings. The van der Waals surface area contributed by atoms with E-state index in [0.29, 0.717) is 35.4 Å². The molecule has 0 bridgehead atoms. The standard InChI is InChI=1S/C24H30F3N5O3S/c1-4-17(24(25,26)27)30-18-8-12(2)16(11-28-18)20-19(23(35)32-7-5-6-13(32)3)31-22(36-20)21(34)29-14-9-15(33)10-14/h8,11,13-15,17,33H,4-7,9-10H2,1-3H3,(H,28,30)(H,29,34)/t13-,14-,15-,17+/m0/s1. The van der Waals surface area contributed by atoms with Gasteiger partial charge in [-0.25, -0.2) is 9.97 Å². The molecular formula is C24H30F3N5O3S. The average molecular weight is 526 g/mol. The number of alkyl halides is 3. The second-order valence-electron chi connectivity index (χ2n) is 9.51. The van der Waals surface area contributed by atoms with Crippen molar-refractivity contribution in [3.05, 3.63) is 28.5 Å². The van der Waals surface area contributed by atoms with E-state index in [2.05, 4.69) is 20.6 Å². The second kappa shape index (κ2) is 10.3. The molecule has 2 amide bonds. The average Bonchev–Trinajstić information content (AvgIpc) is 3.42. The summed E-state index contributed by atoms with van der Waals surface area (Å²) in [6.07, 6.45) is -0.882. The summed E-state index contributed by atoms with van der Waals surface area (Å²) >= 11 is 1.06. The predicted octanol–water partition coefficient (Wildman–Crippen LogP) is 4.14. The molecule has 0 unspecified atom stereocenters. The van der Waals surface area contributed by atoms with Crippen molar-refractivity contribution in [3.8, 4) is 10.4 Å². The van der Waals surface area contributed by atoms with Crippen molar-refractivity contribution >= 4 is 29.0 Å². The van der Waals surface area contributed by atoms with Gasteiger partial charge in [-0.15, -0.1) is 11.3 Å². The number of aromatic nitrogens is 2. The number of aliphatic hydroxyl groups excluding tert-OH is 1. The fourth-order valence-corrected chi connectivity index (χ4v) is 5.57. The van der Waals surface area contributed by atoms with Crippen LogP contribution in [0.15, 0.2) is 12.3 Å². The van der Waals surface area contributed by atoms with Crippen molar-refractivity contribution in [3.63, 3.8) is 0 Å². The van der Waals surface area contributed by atoms with Gasteiger partial charge in [0.25, 0.3) is 11.8 Å². The molecule has 0 aromatic carbocycles. The quantitative estimate of drug-likeness (QED) is 0.502. The van der Waals surface area contributed by atoms with Crippen LogP contribution in [0.2, 0.25) is 0 Å². The Balaban J connectivity index is 1.66. The number of carbonyl (C=O) groups is 2. The van der Waals surface area contributed by atoms with Gasteiger partial charge in [0.05, 0.1) is 11.0 Å². The molecule has 3 N–H and O–H groups in total. The Kier molecular flexibility index (Phi) is 7.56. The number of aliphatic hydroxyl groups is 1. The zero-order chi connectivity index (χ0) is 26.2. The number of hydrogen-bond donors (Lipinski definition) is 3. The monoisotopic (exact) mass is 525 g/mol. The Hall–Kier alpha value is -2.73. The zero-order valence-electron chi connectivity index (χ0n) is 20.4. The van der Waals surface area contributed by atoms with Crippen LogP contribution in [-0.4, -0.2) is 68.7 Å². The number of pyridine rings is 1. The van der Waals surface area contributed by atoms with E-state index in [1.165, 1.54) is 19.2 Å². The first-order valence-corrected chi connectivity index (χ1v) is 12.9. The highest BCUT2D eigenvalue weighted by atomic mass is 32.1. The van der Waals surface area contributed by atoms with Crippen molar-refractivity contribution < 1.29 is 27.9 Å². The van der Waals surface area contributed by atoms with E-state index in [9.17, 15) is 27.9 Å². The molecule has 2 aliphatic rings. The van der Waals surface area contributed by atoms with Crippen LogP contribution >= 0.6 is 11.3 Å². The minimum absolute atomic E-state index is 0.0416. The maximum atomic E-state index is 13.4. The number of rotatable bonds is 7. The number of halogens is 3. The molecule has 196 valence electrons. The Bertz CT molecular complexity index is 1130. The number of hydrogen-bond acceptors (Lipinski definition) is 7. The molecule has 0 spiro atoms. The fraction of sp³-hybridized carbons (Fsp3) is 0.583. The van der Waals surface area contributed by atoms with Gasteiger partial charge >= 0.3 is 6.18 Å². The Labute approximate surface area is 211 Å². The predicted molar refractivity (Wildman–Crippen MR) is 130 cm³/mol. The van der Waals surface area contributed by atoms with Gasteiger partial charge in [0.15, 0.2) is 5.01 Å².